The summed E-state index contributed by atoms with van der Waals surface area (Å²) in [6.45, 7) is 2.24. The molecule has 1 rings (SSSR count). The second-order valence-corrected chi connectivity index (χ2v) is 3.64. The van der Waals surface area contributed by atoms with E-state index < -0.39 is 0 Å². The van der Waals surface area contributed by atoms with Gasteiger partial charge in [0.25, 0.3) is 0 Å². The van der Waals surface area contributed by atoms with Crippen molar-refractivity contribution in [1.29, 1.82) is 5.26 Å². The summed E-state index contributed by atoms with van der Waals surface area (Å²) < 4.78 is 5.07. The minimum Gasteiger partial charge on any atom is -0.384 e. The van der Waals surface area contributed by atoms with Gasteiger partial charge in [-0.2, -0.15) is 5.26 Å². The van der Waals surface area contributed by atoms with Gasteiger partial charge in [-0.05, 0) is 18.8 Å². The third kappa shape index (κ3) is 3.00. The maximum Gasteiger partial charge on any atom is 0.236 e. The van der Waals surface area contributed by atoms with Gasteiger partial charge in [0.2, 0.25) is 5.91 Å². The van der Waals surface area contributed by atoms with Gasteiger partial charge >= 0.3 is 0 Å². The Morgan fingerprint density at radius 3 is 3.14 bits per heavy atom. The number of nitriles is 1. The fourth-order valence-corrected chi connectivity index (χ4v) is 1.84. The topological polar surface area (TPSA) is 53.3 Å². The Hall–Kier alpha value is -1.08. The van der Waals surface area contributed by atoms with Gasteiger partial charge in [0.1, 0.15) is 6.42 Å². The van der Waals surface area contributed by atoms with E-state index in [1.807, 2.05) is 6.07 Å². The highest BCUT2D eigenvalue weighted by molar-refractivity contribution is 5.78. The second kappa shape index (κ2) is 5.61. The van der Waals surface area contributed by atoms with Crippen molar-refractivity contribution in [3.05, 3.63) is 0 Å². The van der Waals surface area contributed by atoms with Crippen LogP contribution in [0.3, 0.4) is 0 Å². The summed E-state index contributed by atoms with van der Waals surface area (Å²) in [4.78, 5) is 13.2. The highest BCUT2D eigenvalue weighted by Crippen LogP contribution is 2.17. The van der Waals surface area contributed by atoms with Crippen molar-refractivity contribution in [2.45, 2.75) is 19.3 Å². The molecule has 0 aromatic rings. The molecule has 1 fully saturated rings. The predicted molar refractivity (Wildman–Crippen MR) is 51.4 cm³/mol. The molecule has 1 saturated heterocycles. The van der Waals surface area contributed by atoms with E-state index in [0.29, 0.717) is 12.5 Å². The van der Waals surface area contributed by atoms with Crippen LogP contribution in [0.4, 0.5) is 0 Å². The maximum absolute atomic E-state index is 11.4. The summed E-state index contributed by atoms with van der Waals surface area (Å²) in [5.74, 6) is 0.393. The van der Waals surface area contributed by atoms with Crippen molar-refractivity contribution in [2.24, 2.45) is 5.92 Å². The van der Waals surface area contributed by atoms with Gasteiger partial charge in [0.05, 0.1) is 12.7 Å². The Bertz CT molecular complexity index is 233. The number of rotatable bonds is 3. The van der Waals surface area contributed by atoms with Crippen molar-refractivity contribution < 1.29 is 9.53 Å². The minimum absolute atomic E-state index is 0.000295. The molecule has 0 radical (unpaired) electrons. The molecule has 0 aliphatic carbocycles. The average molecular weight is 196 g/mol. The standard InChI is InChI=1S/C10H16N2O2/c1-14-8-9-3-2-6-12(7-9)10(13)4-5-11/h9H,2-4,6-8H2,1H3/t9-/m0/s1. The number of piperidine rings is 1. The lowest BCUT2D eigenvalue weighted by Gasteiger charge is -2.31. The van der Waals surface area contributed by atoms with Crippen molar-refractivity contribution in [2.75, 3.05) is 26.8 Å². The number of carbonyl (C=O) groups excluding carboxylic acids is 1. The van der Waals surface area contributed by atoms with Crippen molar-refractivity contribution in [3.63, 3.8) is 0 Å². The molecule has 14 heavy (non-hydrogen) atoms. The summed E-state index contributed by atoms with van der Waals surface area (Å²) in [6, 6.07) is 1.89. The zero-order valence-electron chi connectivity index (χ0n) is 8.53. The first-order chi connectivity index (χ1) is 6.77. The monoisotopic (exact) mass is 196 g/mol. The van der Waals surface area contributed by atoms with E-state index in [1.165, 1.54) is 0 Å². The van der Waals surface area contributed by atoms with E-state index in [0.717, 1.165) is 25.9 Å². The van der Waals surface area contributed by atoms with Crippen LogP contribution in [0.1, 0.15) is 19.3 Å². The molecule has 78 valence electrons. The molecule has 0 saturated carbocycles. The van der Waals surface area contributed by atoms with Gasteiger partial charge in [0.15, 0.2) is 0 Å². The van der Waals surface area contributed by atoms with Crippen LogP contribution >= 0.6 is 0 Å². The lowest BCUT2D eigenvalue weighted by Crippen LogP contribution is -2.40. The fourth-order valence-electron chi connectivity index (χ4n) is 1.84. The first-order valence-electron chi connectivity index (χ1n) is 4.91. The third-order valence-corrected chi connectivity index (χ3v) is 2.50. The van der Waals surface area contributed by atoms with Crippen molar-refractivity contribution in [3.8, 4) is 6.07 Å². The van der Waals surface area contributed by atoms with Crippen LogP contribution in [-0.2, 0) is 9.53 Å². The Kier molecular flexibility index (Phi) is 4.41. The average Bonchev–Trinajstić information content (AvgIpc) is 2.19. The van der Waals surface area contributed by atoms with Crippen LogP contribution in [0.5, 0.6) is 0 Å². The minimum atomic E-state index is -0.0479. The van der Waals surface area contributed by atoms with Gasteiger partial charge in [-0.1, -0.05) is 0 Å². The van der Waals surface area contributed by atoms with Crippen LogP contribution in [0.25, 0.3) is 0 Å². The number of amides is 1. The largest absolute Gasteiger partial charge is 0.384 e. The Morgan fingerprint density at radius 1 is 1.71 bits per heavy atom. The van der Waals surface area contributed by atoms with Crippen molar-refractivity contribution >= 4 is 5.91 Å². The second-order valence-electron chi connectivity index (χ2n) is 3.64. The summed E-state index contributed by atoms with van der Waals surface area (Å²) in [5, 5.41) is 8.41. The molecular formula is C10H16N2O2. The Balaban J connectivity index is 2.40. The van der Waals surface area contributed by atoms with Crippen LogP contribution in [-0.4, -0.2) is 37.6 Å². The van der Waals surface area contributed by atoms with E-state index in [1.54, 1.807) is 12.0 Å². The zero-order valence-corrected chi connectivity index (χ0v) is 8.53. The zero-order chi connectivity index (χ0) is 10.4. The molecule has 1 amide bonds. The van der Waals surface area contributed by atoms with Gasteiger partial charge in [0, 0.05) is 20.2 Å². The first-order valence-corrected chi connectivity index (χ1v) is 4.91. The van der Waals surface area contributed by atoms with Crippen LogP contribution < -0.4 is 0 Å². The molecular weight excluding hydrogens is 180 g/mol. The summed E-state index contributed by atoms with van der Waals surface area (Å²) in [6.07, 6.45) is 2.13. The number of ether oxygens (including phenoxy) is 1. The smallest absolute Gasteiger partial charge is 0.236 e. The van der Waals surface area contributed by atoms with Gasteiger partial charge < -0.3 is 9.64 Å². The van der Waals surface area contributed by atoms with E-state index in [9.17, 15) is 4.79 Å². The number of hydrogen-bond acceptors (Lipinski definition) is 3. The molecule has 1 aliphatic heterocycles. The molecule has 1 aliphatic rings. The molecule has 0 N–H and O–H groups in total. The molecule has 0 unspecified atom stereocenters. The van der Waals surface area contributed by atoms with E-state index in [-0.39, 0.29) is 12.3 Å². The van der Waals surface area contributed by atoms with Crippen LogP contribution in [0.2, 0.25) is 0 Å². The lowest BCUT2D eigenvalue weighted by atomic mass is 9.99. The van der Waals surface area contributed by atoms with E-state index in [4.69, 9.17) is 10.00 Å². The first kappa shape index (κ1) is 11.0. The molecule has 4 nitrogen and oxygen atoms in total. The highest BCUT2D eigenvalue weighted by Gasteiger charge is 2.22. The van der Waals surface area contributed by atoms with Crippen LogP contribution in [0, 0.1) is 17.2 Å². The van der Waals surface area contributed by atoms with Crippen molar-refractivity contribution in [1.82, 2.24) is 4.90 Å². The number of methoxy groups -OCH3 is 1. The molecule has 1 heterocycles. The molecule has 0 aromatic carbocycles. The number of hydrogen-bond donors (Lipinski definition) is 0. The molecule has 1 atom stereocenters. The predicted octanol–water partition coefficient (Wildman–Crippen LogP) is 0.785. The van der Waals surface area contributed by atoms with Gasteiger partial charge in [-0.25, -0.2) is 0 Å². The highest BCUT2D eigenvalue weighted by atomic mass is 16.5. The molecule has 4 heteroatoms. The van der Waals surface area contributed by atoms with E-state index in [2.05, 4.69) is 0 Å². The lowest BCUT2D eigenvalue weighted by molar-refractivity contribution is -0.132. The summed E-state index contributed by atoms with van der Waals surface area (Å²) >= 11 is 0. The van der Waals surface area contributed by atoms with Crippen LogP contribution in [0.15, 0.2) is 0 Å². The Labute approximate surface area is 84.4 Å². The Morgan fingerprint density at radius 2 is 2.50 bits per heavy atom. The normalized spacial score (nSPS) is 21.7. The SMILES string of the molecule is COC[C@H]1CCCN(C(=O)CC#N)C1. The number of likely N-dealkylation sites (tertiary alicyclic amines) is 1. The van der Waals surface area contributed by atoms with Gasteiger partial charge in [-0.3, -0.25) is 4.79 Å². The quantitative estimate of drug-likeness (QED) is 0.670. The van der Waals surface area contributed by atoms with Gasteiger partial charge in [-0.15, -0.1) is 0 Å². The summed E-state index contributed by atoms with van der Waals surface area (Å²) in [5.41, 5.74) is 0. The third-order valence-electron chi connectivity index (χ3n) is 2.50. The van der Waals surface area contributed by atoms with E-state index >= 15 is 0 Å². The fraction of sp³-hybridized carbons (Fsp3) is 0.800. The molecule has 0 aromatic heterocycles. The molecule has 0 spiro atoms. The maximum atomic E-state index is 11.4. The summed E-state index contributed by atoms with van der Waals surface area (Å²) in [7, 11) is 1.68. The molecule has 0 bridgehead atoms. The number of carbonyl (C=O) groups is 1. The number of nitrogens with zero attached hydrogens (tertiary/aromatic N) is 2.